The summed E-state index contributed by atoms with van der Waals surface area (Å²) in [4.78, 5) is 0. The number of methoxy groups -OCH3 is 1. The summed E-state index contributed by atoms with van der Waals surface area (Å²) < 4.78 is 15.8. The first-order valence-corrected chi connectivity index (χ1v) is 4.74. The molecule has 2 aromatic carbocycles. The van der Waals surface area contributed by atoms with E-state index in [4.69, 9.17) is 14.2 Å². The molecule has 0 spiro atoms. The monoisotopic (exact) mass is 202 g/mol. The first-order valence-electron chi connectivity index (χ1n) is 4.74. The van der Waals surface area contributed by atoms with E-state index in [2.05, 4.69) is 0 Å². The number of rotatable bonds is 1. The Hall–Kier alpha value is -1.90. The molecule has 0 fully saturated rings. The quantitative estimate of drug-likeness (QED) is 0.711. The Morgan fingerprint density at radius 3 is 2.47 bits per heavy atom. The van der Waals surface area contributed by atoms with Crippen molar-refractivity contribution in [3.8, 4) is 17.2 Å². The Balaban J connectivity index is 2.24. The summed E-state index contributed by atoms with van der Waals surface area (Å²) in [5.74, 6) is 2.46. The van der Waals surface area contributed by atoms with Crippen LogP contribution in [0.2, 0.25) is 0 Å². The van der Waals surface area contributed by atoms with Crippen molar-refractivity contribution in [3.05, 3.63) is 30.3 Å². The lowest BCUT2D eigenvalue weighted by Crippen LogP contribution is -1.92. The van der Waals surface area contributed by atoms with Gasteiger partial charge in [-0.25, -0.2) is 0 Å². The SMILES string of the molecule is COc1ccc2cc3c(cc2c1)OCO3. The van der Waals surface area contributed by atoms with Crippen LogP contribution in [-0.2, 0) is 0 Å². The zero-order valence-electron chi connectivity index (χ0n) is 8.32. The second-order valence-electron chi connectivity index (χ2n) is 3.42. The van der Waals surface area contributed by atoms with E-state index in [1.807, 2.05) is 30.3 Å². The van der Waals surface area contributed by atoms with Gasteiger partial charge in [0.1, 0.15) is 5.75 Å². The zero-order chi connectivity index (χ0) is 10.3. The van der Waals surface area contributed by atoms with Crippen molar-refractivity contribution in [1.82, 2.24) is 0 Å². The molecule has 1 aliphatic heterocycles. The van der Waals surface area contributed by atoms with Gasteiger partial charge in [-0.05, 0) is 35.0 Å². The highest BCUT2D eigenvalue weighted by Gasteiger charge is 2.13. The Kier molecular flexibility index (Phi) is 1.71. The molecular weight excluding hydrogens is 192 g/mol. The average molecular weight is 202 g/mol. The van der Waals surface area contributed by atoms with Gasteiger partial charge in [0.25, 0.3) is 0 Å². The molecule has 0 saturated heterocycles. The smallest absolute Gasteiger partial charge is 0.231 e. The van der Waals surface area contributed by atoms with Crippen LogP contribution >= 0.6 is 0 Å². The maximum atomic E-state index is 5.32. The standard InChI is InChI=1S/C12H10O3/c1-13-10-3-2-8-5-11-12(15-7-14-11)6-9(8)4-10/h2-6H,7H2,1H3. The second-order valence-corrected chi connectivity index (χ2v) is 3.42. The van der Waals surface area contributed by atoms with Gasteiger partial charge in [-0.2, -0.15) is 0 Å². The van der Waals surface area contributed by atoms with E-state index in [0.29, 0.717) is 6.79 Å². The number of hydrogen-bond donors (Lipinski definition) is 0. The predicted molar refractivity (Wildman–Crippen MR) is 56.6 cm³/mol. The molecule has 0 aromatic heterocycles. The van der Waals surface area contributed by atoms with Gasteiger partial charge in [0, 0.05) is 0 Å². The van der Waals surface area contributed by atoms with Crippen LogP contribution in [-0.4, -0.2) is 13.9 Å². The molecule has 0 saturated carbocycles. The molecule has 0 bridgehead atoms. The van der Waals surface area contributed by atoms with Crippen LogP contribution in [0.15, 0.2) is 30.3 Å². The van der Waals surface area contributed by atoms with Crippen molar-refractivity contribution >= 4 is 10.8 Å². The normalized spacial score (nSPS) is 13.1. The van der Waals surface area contributed by atoms with E-state index < -0.39 is 0 Å². The summed E-state index contributed by atoms with van der Waals surface area (Å²) in [6.07, 6.45) is 0. The average Bonchev–Trinajstić information content (AvgIpc) is 2.72. The van der Waals surface area contributed by atoms with Crippen molar-refractivity contribution < 1.29 is 14.2 Å². The van der Waals surface area contributed by atoms with Gasteiger partial charge in [-0.1, -0.05) is 6.07 Å². The third-order valence-electron chi connectivity index (χ3n) is 2.54. The van der Waals surface area contributed by atoms with E-state index in [1.54, 1.807) is 7.11 Å². The molecule has 2 aromatic rings. The van der Waals surface area contributed by atoms with Crippen molar-refractivity contribution in [3.63, 3.8) is 0 Å². The van der Waals surface area contributed by atoms with Gasteiger partial charge in [-0.15, -0.1) is 0 Å². The fourth-order valence-corrected chi connectivity index (χ4v) is 1.74. The summed E-state index contributed by atoms with van der Waals surface area (Å²) >= 11 is 0. The third-order valence-corrected chi connectivity index (χ3v) is 2.54. The van der Waals surface area contributed by atoms with Crippen LogP contribution in [0.25, 0.3) is 10.8 Å². The predicted octanol–water partition coefficient (Wildman–Crippen LogP) is 2.58. The Bertz CT molecular complexity index is 520. The Morgan fingerprint density at radius 1 is 1.00 bits per heavy atom. The van der Waals surface area contributed by atoms with E-state index >= 15 is 0 Å². The molecule has 76 valence electrons. The molecule has 0 amide bonds. The molecule has 0 N–H and O–H groups in total. The van der Waals surface area contributed by atoms with Crippen molar-refractivity contribution in [2.45, 2.75) is 0 Å². The summed E-state index contributed by atoms with van der Waals surface area (Å²) in [6, 6.07) is 9.88. The molecule has 0 aliphatic carbocycles. The summed E-state index contributed by atoms with van der Waals surface area (Å²) in [6.45, 7) is 0.308. The zero-order valence-corrected chi connectivity index (χ0v) is 8.32. The minimum atomic E-state index is 0.308. The lowest BCUT2D eigenvalue weighted by atomic mass is 10.1. The van der Waals surface area contributed by atoms with Gasteiger partial charge >= 0.3 is 0 Å². The third kappa shape index (κ3) is 1.28. The van der Waals surface area contributed by atoms with Crippen LogP contribution in [0.1, 0.15) is 0 Å². The highest BCUT2D eigenvalue weighted by atomic mass is 16.7. The number of fused-ring (bicyclic) bond motifs is 2. The molecule has 0 unspecified atom stereocenters. The molecule has 3 rings (SSSR count). The first kappa shape index (κ1) is 8.41. The van der Waals surface area contributed by atoms with Gasteiger partial charge in [-0.3, -0.25) is 0 Å². The van der Waals surface area contributed by atoms with Crippen LogP contribution in [0.5, 0.6) is 17.2 Å². The maximum absolute atomic E-state index is 5.32. The second kappa shape index (κ2) is 3.05. The van der Waals surface area contributed by atoms with Crippen LogP contribution in [0, 0.1) is 0 Å². The van der Waals surface area contributed by atoms with Gasteiger partial charge < -0.3 is 14.2 Å². The van der Waals surface area contributed by atoms with Crippen molar-refractivity contribution in [2.24, 2.45) is 0 Å². The molecule has 15 heavy (non-hydrogen) atoms. The summed E-state index contributed by atoms with van der Waals surface area (Å²) in [7, 11) is 1.66. The van der Waals surface area contributed by atoms with Crippen LogP contribution in [0.3, 0.4) is 0 Å². The molecule has 3 nitrogen and oxygen atoms in total. The highest BCUT2D eigenvalue weighted by molar-refractivity contribution is 5.87. The maximum Gasteiger partial charge on any atom is 0.231 e. The van der Waals surface area contributed by atoms with E-state index in [-0.39, 0.29) is 0 Å². The van der Waals surface area contributed by atoms with Crippen molar-refractivity contribution in [2.75, 3.05) is 13.9 Å². The topological polar surface area (TPSA) is 27.7 Å². The largest absolute Gasteiger partial charge is 0.497 e. The van der Waals surface area contributed by atoms with Gasteiger partial charge in [0.2, 0.25) is 6.79 Å². The number of ether oxygens (including phenoxy) is 3. The van der Waals surface area contributed by atoms with Crippen molar-refractivity contribution in [1.29, 1.82) is 0 Å². The molecular formula is C12H10O3. The lowest BCUT2D eigenvalue weighted by molar-refractivity contribution is 0.174. The molecule has 3 heteroatoms. The highest BCUT2D eigenvalue weighted by Crippen LogP contribution is 2.36. The molecule has 0 radical (unpaired) electrons. The minimum Gasteiger partial charge on any atom is -0.497 e. The number of benzene rings is 2. The lowest BCUT2D eigenvalue weighted by Gasteiger charge is -2.03. The van der Waals surface area contributed by atoms with E-state index in [1.165, 1.54) is 0 Å². The minimum absolute atomic E-state index is 0.308. The van der Waals surface area contributed by atoms with Gasteiger partial charge in [0.15, 0.2) is 11.5 Å². The first-order chi connectivity index (χ1) is 7.36. The Morgan fingerprint density at radius 2 is 1.73 bits per heavy atom. The summed E-state index contributed by atoms with van der Waals surface area (Å²) in [5, 5.41) is 2.22. The molecule has 0 atom stereocenters. The molecule has 1 heterocycles. The molecule has 1 aliphatic rings. The van der Waals surface area contributed by atoms with Gasteiger partial charge in [0.05, 0.1) is 7.11 Å². The fraction of sp³-hybridized carbons (Fsp3) is 0.167. The Labute approximate surface area is 87.2 Å². The fourth-order valence-electron chi connectivity index (χ4n) is 1.74. The van der Waals surface area contributed by atoms with Crippen LogP contribution < -0.4 is 14.2 Å². The summed E-state index contributed by atoms with van der Waals surface area (Å²) in [5.41, 5.74) is 0. The number of hydrogen-bond acceptors (Lipinski definition) is 3. The van der Waals surface area contributed by atoms with Crippen LogP contribution in [0.4, 0.5) is 0 Å². The van der Waals surface area contributed by atoms with E-state index in [0.717, 1.165) is 28.0 Å². The van der Waals surface area contributed by atoms with E-state index in [9.17, 15) is 0 Å².